The van der Waals surface area contributed by atoms with Crippen LogP contribution in [0.1, 0.15) is 21.7 Å². The van der Waals surface area contributed by atoms with Crippen molar-refractivity contribution in [2.24, 2.45) is 0 Å². The maximum absolute atomic E-state index is 13.4. The minimum Gasteiger partial charge on any atom is -0.319 e. The monoisotopic (exact) mass is 464 g/mol. The Balaban J connectivity index is 1.75. The Morgan fingerprint density at radius 2 is 1.70 bits per heavy atom. The van der Waals surface area contributed by atoms with Gasteiger partial charge in [0.25, 0.3) is 5.91 Å². The van der Waals surface area contributed by atoms with Gasteiger partial charge in [0.05, 0.1) is 5.69 Å². The van der Waals surface area contributed by atoms with E-state index in [1.165, 1.54) is 12.1 Å². The van der Waals surface area contributed by atoms with Crippen molar-refractivity contribution in [3.8, 4) is 17.1 Å². The molecule has 1 aromatic heterocycles. The smallest absolute Gasteiger partial charge is 0.295 e. The molecule has 1 heterocycles. The molecule has 1 N–H and O–H groups in total. The number of halogens is 2. The van der Waals surface area contributed by atoms with Gasteiger partial charge in [-0.25, -0.2) is 14.1 Å². The quantitative estimate of drug-likeness (QED) is 0.420. The van der Waals surface area contributed by atoms with Gasteiger partial charge in [-0.05, 0) is 61.9 Å². The van der Waals surface area contributed by atoms with Gasteiger partial charge in [0.15, 0.2) is 5.82 Å². The third-order valence-corrected chi connectivity index (χ3v) is 5.14. The second kappa shape index (κ2) is 8.20. The molecule has 0 spiro atoms. The fourth-order valence-corrected chi connectivity index (χ4v) is 3.35. The standard InChI is InChI=1S/C23H18BrFN4O/c1-14-3-12-20(15(2)13-14)26-23(30)21-27-22(16-4-6-17(24)7-5-16)29(28-21)19-10-8-18(25)9-11-19/h3-13H,1-2H3,(H,26,30). The Morgan fingerprint density at radius 1 is 1.00 bits per heavy atom. The number of anilines is 1. The molecule has 0 saturated heterocycles. The van der Waals surface area contributed by atoms with Crippen molar-refractivity contribution in [1.29, 1.82) is 0 Å². The molecule has 3 aromatic carbocycles. The molecule has 0 fully saturated rings. The molecule has 0 bridgehead atoms. The number of amides is 1. The van der Waals surface area contributed by atoms with Crippen molar-refractivity contribution in [3.63, 3.8) is 0 Å². The normalized spacial score (nSPS) is 10.8. The lowest BCUT2D eigenvalue weighted by molar-refractivity contribution is 0.101. The Kier molecular flexibility index (Phi) is 5.46. The van der Waals surface area contributed by atoms with E-state index >= 15 is 0 Å². The number of nitrogens with zero attached hydrogens (tertiary/aromatic N) is 3. The lowest BCUT2D eigenvalue weighted by Crippen LogP contribution is -2.15. The lowest BCUT2D eigenvalue weighted by Gasteiger charge is -2.07. The molecule has 7 heteroatoms. The number of carbonyl (C=O) groups is 1. The van der Waals surface area contributed by atoms with Crippen LogP contribution in [0.4, 0.5) is 10.1 Å². The van der Waals surface area contributed by atoms with Gasteiger partial charge in [-0.2, -0.15) is 0 Å². The van der Waals surface area contributed by atoms with Crippen LogP contribution < -0.4 is 5.32 Å². The molecular weight excluding hydrogens is 447 g/mol. The molecule has 0 atom stereocenters. The number of aromatic nitrogens is 3. The highest BCUT2D eigenvalue weighted by Crippen LogP contribution is 2.24. The first kappa shape index (κ1) is 20.0. The highest BCUT2D eigenvalue weighted by molar-refractivity contribution is 9.10. The summed E-state index contributed by atoms with van der Waals surface area (Å²) in [7, 11) is 0. The van der Waals surface area contributed by atoms with E-state index in [0.29, 0.717) is 17.2 Å². The van der Waals surface area contributed by atoms with Crippen LogP contribution in [-0.2, 0) is 0 Å². The third kappa shape index (κ3) is 4.16. The zero-order valence-electron chi connectivity index (χ0n) is 16.4. The number of hydrogen-bond donors (Lipinski definition) is 1. The summed E-state index contributed by atoms with van der Waals surface area (Å²) in [5.74, 6) is -0.254. The van der Waals surface area contributed by atoms with Gasteiger partial charge in [0.1, 0.15) is 5.82 Å². The maximum Gasteiger partial charge on any atom is 0.295 e. The highest BCUT2D eigenvalue weighted by atomic mass is 79.9. The van der Waals surface area contributed by atoms with Crippen LogP contribution in [0.2, 0.25) is 0 Å². The van der Waals surface area contributed by atoms with E-state index in [-0.39, 0.29) is 11.6 Å². The lowest BCUT2D eigenvalue weighted by atomic mass is 10.1. The minimum atomic E-state index is -0.416. The first-order valence-electron chi connectivity index (χ1n) is 9.28. The van der Waals surface area contributed by atoms with Crippen LogP contribution in [0.15, 0.2) is 71.2 Å². The van der Waals surface area contributed by atoms with E-state index < -0.39 is 5.91 Å². The summed E-state index contributed by atoms with van der Waals surface area (Å²) in [4.78, 5) is 17.4. The van der Waals surface area contributed by atoms with Gasteiger partial charge in [0, 0.05) is 15.7 Å². The number of carbonyl (C=O) groups excluding carboxylic acids is 1. The summed E-state index contributed by atoms with van der Waals surface area (Å²) < 4.78 is 15.9. The topological polar surface area (TPSA) is 59.8 Å². The summed E-state index contributed by atoms with van der Waals surface area (Å²) in [6.45, 7) is 3.93. The molecule has 0 unspecified atom stereocenters. The summed E-state index contributed by atoms with van der Waals surface area (Å²) >= 11 is 3.42. The number of hydrogen-bond acceptors (Lipinski definition) is 3. The molecule has 30 heavy (non-hydrogen) atoms. The summed E-state index contributed by atoms with van der Waals surface area (Å²) in [6, 6.07) is 19.2. The number of aryl methyl sites for hydroxylation is 2. The SMILES string of the molecule is Cc1ccc(NC(=O)c2nc(-c3ccc(Br)cc3)n(-c3ccc(F)cc3)n2)c(C)c1. The summed E-state index contributed by atoms with van der Waals surface area (Å²) in [5.41, 5.74) is 4.15. The Hall–Kier alpha value is -3.32. The van der Waals surface area contributed by atoms with Crippen molar-refractivity contribution >= 4 is 27.5 Å². The van der Waals surface area contributed by atoms with E-state index in [2.05, 4.69) is 31.3 Å². The molecule has 150 valence electrons. The van der Waals surface area contributed by atoms with Crippen molar-refractivity contribution in [2.45, 2.75) is 13.8 Å². The van der Waals surface area contributed by atoms with E-state index in [9.17, 15) is 9.18 Å². The molecule has 4 aromatic rings. The fourth-order valence-electron chi connectivity index (χ4n) is 3.09. The van der Waals surface area contributed by atoms with Crippen molar-refractivity contribution in [1.82, 2.24) is 14.8 Å². The van der Waals surface area contributed by atoms with Crippen LogP contribution in [-0.4, -0.2) is 20.7 Å². The zero-order chi connectivity index (χ0) is 21.3. The highest BCUT2D eigenvalue weighted by Gasteiger charge is 2.19. The van der Waals surface area contributed by atoms with E-state index in [4.69, 9.17) is 0 Å². The molecule has 0 aliphatic heterocycles. The van der Waals surface area contributed by atoms with Gasteiger partial charge < -0.3 is 5.32 Å². The van der Waals surface area contributed by atoms with Crippen molar-refractivity contribution < 1.29 is 9.18 Å². The van der Waals surface area contributed by atoms with Crippen LogP contribution in [0.5, 0.6) is 0 Å². The van der Waals surface area contributed by atoms with Crippen LogP contribution in [0.3, 0.4) is 0 Å². The van der Waals surface area contributed by atoms with Gasteiger partial charge in [-0.15, -0.1) is 5.10 Å². The third-order valence-electron chi connectivity index (χ3n) is 4.61. The van der Waals surface area contributed by atoms with Crippen LogP contribution >= 0.6 is 15.9 Å². The second-order valence-electron chi connectivity index (χ2n) is 6.93. The largest absolute Gasteiger partial charge is 0.319 e. The molecule has 1 amide bonds. The molecule has 0 saturated carbocycles. The molecule has 5 nitrogen and oxygen atoms in total. The number of benzene rings is 3. The summed E-state index contributed by atoms with van der Waals surface area (Å²) in [6.07, 6.45) is 0. The average molecular weight is 465 g/mol. The summed E-state index contributed by atoms with van der Waals surface area (Å²) in [5, 5.41) is 7.28. The fraction of sp³-hybridized carbons (Fsp3) is 0.0870. The molecular formula is C23H18BrFN4O. The number of nitrogens with one attached hydrogen (secondary N) is 1. The first-order valence-corrected chi connectivity index (χ1v) is 10.1. The van der Waals surface area contributed by atoms with Gasteiger partial charge >= 0.3 is 0 Å². The average Bonchev–Trinajstić information content (AvgIpc) is 3.17. The number of rotatable bonds is 4. The van der Waals surface area contributed by atoms with E-state index in [0.717, 1.165) is 21.2 Å². The van der Waals surface area contributed by atoms with Gasteiger partial charge in [0.2, 0.25) is 5.82 Å². The predicted octanol–water partition coefficient (Wildman–Crippen LogP) is 5.71. The van der Waals surface area contributed by atoms with Gasteiger partial charge in [-0.1, -0.05) is 45.8 Å². The molecule has 4 rings (SSSR count). The second-order valence-corrected chi connectivity index (χ2v) is 7.84. The zero-order valence-corrected chi connectivity index (χ0v) is 17.9. The predicted molar refractivity (Wildman–Crippen MR) is 118 cm³/mol. The Labute approximate surface area is 181 Å². The Morgan fingerprint density at radius 3 is 2.37 bits per heavy atom. The van der Waals surface area contributed by atoms with E-state index in [1.807, 2.05) is 56.3 Å². The minimum absolute atomic E-state index is 0.0252. The molecule has 0 aliphatic carbocycles. The molecule has 0 aliphatic rings. The van der Waals surface area contributed by atoms with Gasteiger partial charge in [-0.3, -0.25) is 4.79 Å². The van der Waals surface area contributed by atoms with Crippen LogP contribution in [0, 0.1) is 19.7 Å². The Bertz CT molecular complexity index is 1150. The van der Waals surface area contributed by atoms with E-state index in [1.54, 1.807) is 16.8 Å². The molecule has 0 radical (unpaired) electrons. The van der Waals surface area contributed by atoms with Crippen molar-refractivity contribution in [2.75, 3.05) is 5.32 Å². The van der Waals surface area contributed by atoms with Crippen molar-refractivity contribution in [3.05, 3.63) is 94.0 Å². The first-order chi connectivity index (χ1) is 14.4. The maximum atomic E-state index is 13.4. The van der Waals surface area contributed by atoms with Crippen LogP contribution in [0.25, 0.3) is 17.1 Å².